The summed E-state index contributed by atoms with van der Waals surface area (Å²) in [5.41, 5.74) is 15.8. The van der Waals surface area contributed by atoms with Crippen LogP contribution in [-0.4, -0.2) is 176 Å². The number of hydrogen-bond donors (Lipinski definition) is 7. The standard InChI is InChI=1S/C15H20BrNO2.C15H16BrNO2.C15H22BrNO.C12H11BrO3.C8H6BrIO2.C8H7BrO2.C7H8.C4H6O.C4H10O.CH4O3S.BF3.H3P/c2*1-10-11(4-3-7-19-2)8-12(9-14(10)16)15(18)17-13-5-6-13;1-11-13(4-3-7-18-2)8-12(9-15(11)16)10-17-14-5-6-14;1-8-9(4-3-5-16-2)6-10(12(14)15)7-11(8)13;1-4-6(9)2-5(8(11)12)3-7(4)10;1-5-2-3-6(8(10)11)4-7(5)9;1-7-5-3-2-4-6-7;1-3-4-5-2;1-3-5-4-2;1-5(2,3)4;2-1(3)4;/h8-9,13H,3-7H2,1-2H3,(H,17,18);8-9,13H,5-7H2,1-2H3,(H,17,18);8-9,14,17H,3-7,10H2,1-2H3;6-7H,5H2,1-2H3,(H,14,15);2-3H,1H3,(H,11,12);2-4H,1H3,(H,10,11);2-6H,1H3;1H,4H2,2H3;3-4H2,1-2H3;1H3,(H,2,3,4);;1H3/i;;;;;;;;;;;1T3. The molecule has 0 spiro atoms. The van der Waals surface area contributed by atoms with E-state index in [-0.39, 0.29) is 17.4 Å². The third kappa shape index (κ3) is 56.2. The Bertz CT molecular complexity index is 4710. The zero-order valence-electron chi connectivity index (χ0n) is 74.2. The van der Waals surface area contributed by atoms with Gasteiger partial charge in [0.2, 0.25) is 0 Å². The number of aromatic carboxylic acids is 3. The van der Waals surface area contributed by atoms with Crippen molar-refractivity contribution < 1.29 is 93.6 Å². The van der Waals surface area contributed by atoms with Gasteiger partial charge >= 0.3 is 25.5 Å². The molecule has 7 aromatic carbocycles. The zero-order chi connectivity index (χ0) is 95.5. The Morgan fingerprint density at radius 1 is 0.533 bits per heavy atom. The van der Waals surface area contributed by atoms with Crippen LogP contribution >= 0.6 is 128 Å². The van der Waals surface area contributed by atoms with Crippen LogP contribution < -0.4 is 16.0 Å². The van der Waals surface area contributed by atoms with Gasteiger partial charge in [-0.15, -0.1) is 6.42 Å². The first-order chi connectivity index (χ1) is 58.8. The molecule has 20 nitrogen and oxygen atoms in total. The number of carbonyl (C=O) groups excluding carboxylic acids is 2. The van der Waals surface area contributed by atoms with Gasteiger partial charge in [-0.25, -0.2) is 14.4 Å². The van der Waals surface area contributed by atoms with Gasteiger partial charge in [-0.1, -0.05) is 173 Å². The molecule has 2 amide bonds. The molecule has 3 fully saturated rings. The van der Waals surface area contributed by atoms with Crippen LogP contribution in [-0.2, 0) is 57.9 Å². The molecule has 670 valence electrons. The molecule has 0 saturated heterocycles. The minimum Gasteiger partial charge on any atom is -0.478 e. The SMILES string of the molecule is C#CCOC.CCOCC.COCC#Cc1cc(C(=O)NC2CC2)cc(Br)c1C.COCC#Cc1cc(C(=O)O)cc(Br)c1C.COCCCc1cc(C(=O)NC2CC2)cc(Br)c1C.COCCCc1cc(CNC2CC2)cc(Br)c1C.CS(=O)(=O)O.Cc1c(Br)cc(C(=O)O)cc1I.Cc1ccc(C(=O)O)cc1Br.Cc1ccccc1.FB(F)F.[3H]P([3H])[3H]. The minimum atomic E-state index is -3.67. The molecule has 0 atom stereocenters. The van der Waals surface area contributed by atoms with Crippen LogP contribution in [0.1, 0.15) is 184 Å². The molecule has 0 aliphatic heterocycles. The fraction of sp³-hybridized carbons (Fsp3) is 0.404. The fourth-order valence-electron chi connectivity index (χ4n) is 9.24. The van der Waals surface area contributed by atoms with Crippen LogP contribution in [0.25, 0.3) is 0 Å². The predicted octanol–water partition coefficient (Wildman–Crippen LogP) is 21.2. The van der Waals surface area contributed by atoms with Crippen LogP contribution in [0.4, 0.5) is 12.9 Å². The van der Waals surface area contributed by atoms with E-state index in [2.05, 4.69) is 213 Å². The highest BCUT2D eigenvalue weighted by atomic mass is 127. The molecule has 0 radical (unpaired) electrons. The number of carboxylic acid groups (broad SMARTS) is 3. The summed E-state index contributed by atoms with van der Waals surface area (Å²) in [7, 11) is -0.992. The van der Waals surface area contributed by atoms with E-state index in [9.17, 15) is 45.3 Å². The third-order valence-electron chi connectivity index (χ3n) is 16.4. The van der Waals surface area contributed by atoms with Crippen molar-refractivity contribution in [2.45, 2.75) is 151 Å². The molecule has 10 rings (SSSR count). The summed E-state index contributed by atoms with van der Waals surface area (Å²) in [5.74, 6) is 11.2. The van der Waals surface area contributed by atoms with Crippen molar-refractivity contribution in [3.05, 3.63) is 234 Å². The summed E-state index contributed by atoms with van der Waals surface area (Å²) in [6.07, 6.45) is 16.6. The van der Waals surface area contributed by atoms with Crippen molar-refractivity contribution in [2.24, 2.45) is 0 Å². The van der Waals surface area contributed by atoms with E-state index in [4.69, 9.17) is 53.8 Å². The molecule has 122 heavy (non-hydrogen) atoms. The van der Waals surface area contributed by atoms with Gasteiger partial charge in [0.15, 0.2) is 0 Å². The Kier molecular flexibility index (Phi) is 62.0. The number of nitrogens with one attached hydrogen (secondary N) is 3. The number of methoxy groups -OCH3 is 5. The minimum absolute atomic E-state index is 0.0296. The number of aryl methyl sites for hydroxylation is 4. The van der Waals surface area contributed by atoms with Crippen molar-refractivity contribution in [1.29, 1.82) is 3.84 Å². The van der Waals surface area contributed by atoms with Crippen molar-refractivity contribution in [3.63, 3.8) is 0 Å². The van der Waals surface area contributed by atoms with Gasteiger partial charge in [0.1, 0.15) is 19.8 Å². The number of hydrogen-bond acceptors (Lipinski definition) is 14. The summed E-state index contributed by atoms with van der Waals surface area (Å²) in [6, 6.07) is 35.3. The second-order valence-electron chi connectivity index (χ2n) is 26.7. The molecule has 0 heterocycles. The molecule has 0 bridgehead atoms. The lowest BCUT2D eigenvalue weighted by molar-refractivity contribution is 0.0686. The molecular weight excluding hydrogens is 2120 g/mol. The average Bonchev–Trinajstić information content (AvgIpc) is 1.78. The van der Waals surface area contributed by atoms with Gasteiger partial charge in [0.25, 0.3) is 21.9 Å². The van der Waals surface area contributed by atoms with Crippen molar-refractivity contribution in [2.75, 3.05) is 88.1 Å². The monoisotopic (exact) mass is 2230 g/mol. The van der Waals surface area contributed by atoms with Gasteiger partial charge in [-0.3, -0.25) is 27.1 Å². The summed E-state index contributed by atoms with van der Waals surface area (Å²) in [4.78, 5) is 56.0. The van der Waals surface area contributed by atoms with Crippen molar-refractivity contribution in [3.8, 4) is 36.0 Å². The highest BCUT2D eigenvalue weighted by Crippen LogP contribution is 2.30. The van der Waals surface area contributed by atoms with Gasteiger partial charge in [0.05, 0.1) is 26.8 Å². The van der Waals surface area contributed by atoms with E-state index in [1.54, 1.807) is 78.0 Å². The molecule has 3 aliphatic rings. The largest absolute Gasteiger partial charge is 0.762 e. The zero-order valence-corrected chi connectivity index (χ0v) is 84.6. The van der Waals surface area contributed by atoms with E-state index < -0.39 is 45.3 Å². The smallest absolute Gasteiger partial charge is 0.478 e. The number of amides is 2. The number of terminal acetylenes is 1. The molecular formula is C89H113BBr6F3IN3O17PS. The van der Waals surface area contributed by atoms with Gasteiger partial charge in [-0.05, 0) is 266 Å². The molecule has 0 aromatic heterocycles. The maximum atomic E-state index is 12.1. The predicted molar refractivity (Wildman–Crippen MR) is 517 cm³/mol. The Balaban J connectivity index is 0. The number of carbonyl (C=O) groups is 5. The number of carboxylic acids is 3. The average molecular weight is 2240 g/mol. The van der Waals surface area contributed by atoms with Gasteiger partial charge in [-0.2, -0.15) is 18.2 Å². The van der Waals surface area contributed by atoms with Crippen LogP contribution in [0, 0.1) is 88.1 Å². The molecule has 3 saturated carbocycles. The topological polar surface area (TPSA) is 292 Å². The van der Waals surface area contributed by atoms with E-state index in [0.29, 0.717) is 60.4 Å². The van der Waals surface area contributed by atoms with Crippen LogP contribution in [0.3, 0.4) is 0 Å². The summed E-state index contributed by atoms with van der Waals surface area (Å²) in [6.45, 7) is 23.4. The quantitative estimate of drug-likeness (QED) is 0.00782. The lowest BCUT2D eigenvalue weighted by Crippen LogP contribution is -2.25. The van der Waals surface area contributed by atoms with Gasteiger partial charge < -0.3 is 59.7 Å². The first-order valence-corrected chi connectivity index (χ1v) is 45.5. The van der Waals surface area contributed by atoms with Crippen LogP contribution in [0.5, 0.6) is 0 Å². The maximum absolute atomic E-state index is 12.1. The van der Waals surface area contributed by atoms with E-state index in [0.717, 1.165) is 150 Å². The highest BCUT2D eigenvalue weighted by molar-refractivity contribution is 14.1. The number of ether oxygens (including phenoxy) is 6. The lowest BCUT2D eigenvalue weighted by Gasteiger charge is -2.12. The third-order valence-corrected chi connectivity index (χ3v) is 22.5. The van der Waals surface area contributed by atoms with Crippen molar-refractivity contribution in [1.82, 2.24) is 16.0 Å². The second-order valence-corrected chi connectivity index (χ2v) is 34.4. The van der Waals surface area contributed by atoms with Crippen molar-refractivity contribution >= 4 is 175 Å². The van der Waals surface area contributed by atoms with Crippen LogP contribution in [0.15, 0.2) is 136 Å². The fourth-order valence-corrected chi connectivity index (χ4v) is 13.0. The summed E-state index contributed by atoms with van der Waals surface area (Å²) in [5, 5.41) is 35.8. The number of halogens is 10. The molecule has 0 unspecified atom stereocenters. The number of rotatable bonds is 23. The second kappa shape index (κ2) is 67.4. The Morgan fingerprint density at radius 3 is 1.25 bits per heavy atom. The Hall–Kier alpha value is -5.91. The Morgan fingerprint density at radius 2 is 0.902 bits per heavy atom. The molecule has 33 heteroatoms. The molecule has 7 N–H and O–H groups in total. The normalized spacial score (nSPS) is 11.8. The van der Waals surface area contributed by atoms with E-state index in [1.165, 1.54) is 50.7 Å². The van der Waals surface area contributed by atoms with Gasteiger partial charge in [0, 0.05) is 139 Å². The first kappa shape index (κ1) is 112. The summed E-state index contributed by atoms with van der Waals surface area (Å²) >= 11 is 22.7. The number of benzene rings is 7. The maximum Gasteiger partial charge on any atom is 0.762 e. The first-order valence-electron chi connectivity index (χ1n) is 39.2. The molecule has 7 aromatic rings. The van der Waals surface area contributed by atoms with Crippen LogP contribution in [0.2, 0.25) is 0 Å². The highest BCUT2D eigenvalue weighted by Gasteiger charge is 2.26. The van der Waals surface area contributed by atoms with E-state index >= 15 is 0 Å². The van der Waals surface area contributed by atoms with E-state index in [1.807, 2.05) is 84.0 Å². The lowest BCUT2D eigenvalue weighted by atomic mass is 10.0. The Labute approximate surface area is 791 Å². The molecule has 3 aliphatic carbocycles. The summed E-state index contributed by atoms with van der Waals surface area (Å²) < 4.78 is 109.